The zero-order valence-electron chi connectivity index (χ0n) is 28.0. The summed E-state index contributed by atoms with van der Waals surface area (Å²) in [5.41, 5.74) is 5.01. The van der Waals surface area contributed by atoms with Crippen molar-refractivity contribution in [3.63, 3.8) is 0 Å². The van der Waals surface area contributed by atoms with E-state index in [0.29, 0.717) is 41.3 Å². The highest BCUT2D eigenvalue weighted by Crippen LogP contribution is 2.33. The number of ether oxygens (including phenoxy) is 1. The molecule has 0 saturated heterocycles. The van der Waals surface area contributed by atoms with Gasteiger partial charge in [-0.1, -0.05) is 24.3 Å². The number of hydrogen-bond donors (Lipinski definition) is 3. The van der Waals surface area contributed by atoms with Gasteiger partial charge in [0.25, 0.3) is 5.56 Å². The van der Waals surface area contributed by atoms with E-state index < -0.39 is 60.0 Å². The Morgan fingerprint density at radius 1 is 1.04 bits per heavy atom. The molecule has 3 aromatic carbocycles. The summed E-state index contributed by atoms with van der Waals surface area (Å²) < 4.78 is 61.5. The fourth-order valence-electron chi connectivity index (χ4n) is 5.69. The second-order valence-corrected chi connectivity index (χ2v) is 11.8. The van der Waals surface area contributed by atoms with Gasteiger partial charge in [-0.2, -0.15) is 13.2 Å². The normalized spacial score (nSPS) is 12.7. The molecule has 2 aromatic heterocycles. The van der Waals surface area contributed by atoms with Crippen molar-refractivity contribution in [2.75, 3.05) is 19.8 Å². The second-order valence-electron chi connectivity index (χ2n) is 11.8. The van der Waals surface area contributed by atoms with Crippen LogP contribution in [0.25, 0.3) is 16.6 Å². The van der Waals surface area contributed by atoms with Crippen molar-refractivity contribution in [3.05, 3.63) is 130 Å². The average molecular weight is 721 g/mol. The first-order valence-electron chi connectivity index (χ1n) is 16.3. The van der Waals surface area contributed by atoms with Gasteiger partial charge in [0.2, 0.25) is 11.8 Å². The zero-order chi connectivity index (χ0) is 37.4. The molecular formula is C37H36F4N6O5. The summed E-state index contributed by atoms with van der Waals surface area (Å²) in [6.45, 7) is 1.40. The minimum absolute atomic E-state index is 0.0250. The van der Waals surface area contributed by atoms with Crippen LogP contribution in [-0.4, -0.2) is 62.2 Å². The first-order chi connectivity index (χ1) is 24.9. The summed E-state index contributed by atoms with van der Waals surface area (Å²) in [5.74, 6) is -2.19. The summed E-state index contributed by atoms with van der Waals surface area (Å²) >= 11 is 0. The van der Waals surface area contributed by atoms with E-state index in [1.54, 1.807) is 60.7 Å². The molecule has 0 fully saturated rings. The van der Waals surface area contributed by atoms with E-state index in [1.807, 2.05) is 6.92 Å². The van der Waals surface area contributed by atoms with Gasteiger partial charge in [0.1, 0.15) is 23.4 Å². The van der Waals surface area contributed by atoms with E-state index in [2.05, 4.69) is 10.3 Å². The molecule has 1 unspecified atom stereocenters. The number of carbonyl (C=O) groups excluding carboxylic acids is 2. The van der Waals surface area contributed by atoms with Crippen molar-refractivity contribution in [1.29, 1.82) is 0 Å². The molecule has 0 aliphatic carbocycles. The number of pyridine rings is 1. The Bertz CT molecular complexity index is 2080. The van der Waals surface area contributed by atoms with Crippen LogP contribution in [0.4, 0.5) is 17.6 Å². The smallest absolute Gasteiger partial charge is 0.419 e. The first kappa shape index (κ1) is 37.6. The second kappa shape index (κ2) is 16.6. The number of aliphatic hydroxyl groups is 1. The highest BCUT2D eigenvalue weighted by atomic mass is 19.4. The Labute approximate surface area is 295 Å². The number of para-hydroxylation sites is 1. The number of aliphatic hydroxyl groups excluding tert-OH is 1. The molecule has 0 aliphatic rings. The maximum atomic E-state index is 14.6. The van der Waals surface area contributed by atoms with Crippen LogP contribution in [0, 0.1) is 5.82 Å². The van der Waals surface area contributed by atoms with Gasteiger partial charge in [0.05, 0.1) is 47.8 Å². The maximum Gasteiger partial charge on any atom is 0.419 e. The third-order valence-electron chi connectivity index (χ3n) is 8.22. The summed E-state index contributed by atoms with van der Waals surface area (Å²) in [4.78, 5) is 51.6. The minimum Gasteiger partial charge on any atom is -0.494 e. The summed E-state index contributed by atoms with van der Waals surface area (Å²) in [6, 6.07) is 16.6. The molecule has 0 bridgehead atoms. The van der Waals surface area contributed by atoms with Crippen LogP contribution in [-0.2, 0) is 28.7 Å². The number of fused-ring (bicyclic) bond motifs is 1. The number of alkyl halides is 3. The van der Waals surface area contributed by atoms with E-state index in [-0.39, 0.29) is 36.3 Å². The molecule has 0 radical (unpaired) electrons. The minimum atomic E-state index is -4.93. The SMILES string of the molecule is CCOc1ccc(-n2c(C(CCNC(=O)[C@@H](N)CO)N(Cc3cccnc3)C(=O)Cc3ccc(C(F)(F)F)c(F)c3)nc3ccccc3c2=O)cc1. The lowest BCUT2D eigenvalue weighted by molar-refractivity contribution is -0.140. The molecule has 15 heteroatoms. The fraction of sp³-hybridized carbons (Fsp3) is 0.270. The predicted octanol–water partition coefficient (Wildman–Crippen LogP) is 4.48. The molecular weight excluding hydrogens is 684 g/mol. The predicted molar refractivity (Wildman–Crippen MR) is 184 cm³/mol. The van der Waals surface area contributed by atoms with E-state index in [0.717, 1.165) is 6.07 Å². The highest BCUT2D eigenvalue weighted by Gasteiger charge is 2.35. The van der Waals surface area contributed by atoms with Gasteiger partial charge in [-0.3, -0.25) is 23.9 Å². The van der Waals surface area contributed by atoms with Gasteiger partial charge < -0.3 is 25.8 Å². The van der Waals surface area contributed by atoms with Crippen molar-refractivity contribution in [3.8, 4) is 11.4 Å². The zero-order valence-corrected chi connectivity index (χ0v) is 28.0. The molecule has 5 rings (SSSR count). The number of carbonyl (C=O) groups is 2. The molecule has 2 atom stereocenters. The summed E-state index contributed by atoms with van der Waals surface area (Å²) in [5, 5.41) is 12.3. The molecule has 0 saturated carbocycles. The molecule has 0 spiro atoms. The van der Waals surface area contributed by atoms with E-state index >= 15 is 0 Å². The number of benzene rings is 3. The Kier molecular flexibility index (Phi) is 12.0. The number of aromatic nitrogens is 3. The third-order valence-corrected chi connectivity index (χ3v) is 8.22. The molecule has 52 heavy (non-hydrogen) atoms. The van der Waals surface area contributed by atoms with Gasteiger partial charge in [0, 0.05) is 25.5 Å². The number of hydrogen-bond acceptors (Lipinski definition) is 8. The van der Waals surface area contributed by atoms with Crippen molar-refractivity contribution >= 4 is 22.7 Å². The van der Waals surface area contributed by atoms with Gasteiger partial charge in [-0.15, -0.1) is 0 Å². The van der Waals surface area contributed by atoms with Gasteiger partial charge in [0.15, 0.2) is 0 Å². The monoisotopic (exact) mass is 720 g/mol. The lowest BCUT2D eigenvalue weighted by Crippen LogP contribution is -2.45. The third kappa shape index (κ3) is 8.79. The number of nitrogens with one attached hydrogen (secondary N) is 1. The molecule has 2 amide bonds. The van der Waals surface area contributed by atoms with Gasteiger partial charge in [-0.05, 0) is 79.1 Å². The van der Waals surface area contributed by atoms with E-state index in [4.69, 9.17) is 15.5 Å². The molecule has 4 N–H and O–H groups in total. The number of nitrogens with zero attached hydrogens (tertiary/aromatic N) is 4. The quantitative estimate of drug-likeness (QED) is 0.142. The number of amides is 2. The Hall–Kier alpha value is -5.67. The van der Waals surface area contributed by atoms with E-state index in [1.165, 1.54) is 21.9 Å². The summed E-state index contributed by atoms with van der Waals surface area (Å²) in [6.07, 6.45) is -2.44. The van der Waals surface area contributed by atoms with Crippen molar-refractivity contribution < 1.29 is 37.0 Å². The van der Waals surface area contributed by atoms with Gasteiger partial charge in [-0.25, -0.2) is 9.37 Å². The average Bonchev–Trinajstić information content (AvgIpc) is 3.12. The maximum absolute atomic E-state index is 14.6. The summed E-state index contributed by atoms with van der Waals surface area (Å²) in [7, 11) is 0. The Morgan fingerprint density at radius 3 is 2.44 bits per heavy atom. The van der Waals surface area contributed by atoms with Crippen LogP contribution in [0.3, 0.4) is 0 Å². The Morgan fingerprint density at radius 2 is 1.79 bits per heavy atom. The topological polar surface area (TPSA) is 153 Å². The standard InChI is InChI=1S/C37H36F4N6O5/c1-2-52-26-12-10-25(11-13-26)47-34(45-31-8-4-3-7-27(31)36(47)51)32(15-17-44-35(50)30(42)22-48)46(21-24-6-5-16-43-20-24)33(49)19-23-9-14-28(29(38)18-23)37(39,40)41/h3-14,16,18,20,30,32,48H,2,15,17,19,21-22,42H2,1H3,(H,44,50)/t30-,32?/m0/s1. The van der Waals surface area contributed by atoms with Gasteiger partial charge >= 0.3 is 6.18 Å². The number of halogens is 4. The highest BCUT2D eigenvalue weighted by molar-refractivity contribution is 5.82. The largest absolute Gasteiger partial charge is 0.494 e. The Balaban J connectivity index is 1.68. The molecule has 11 nitrogen and oxygen atoms in total. The lowest BCUT2D eigenvalue weighted by atomic mass is 10.0. The fourth-order valence-corrected chi connectivity index (χ4v) is 5.69. The van der Waals surface area contributed by atoms with Crippen LogP contribution in [0.5, 0.6) is 5.75 Å². The number of rotatable bonds is 14. The van der Waals surface area contributed by atoms with Crippen LogP contribution in [0.15, 0.2) is 96.1 Å². The molecule has 0 aliphatic heterocycles. The lowest BCUT2D eigenvalue weighted by Gasteiger charge is -2.33. The molecule has 2 heterocycles. The molecule has 272 valence electrons. The first-order valence-corrected chi connectivity index (χ1v) is 16.3. The van der Waals surface area contributed by atoms with Crippen LogP contribution < -0.4 is 21.3 Å². The van der Waals surface area contributed by atoms with Crippen molar-refractivity contribution in [2.24, 2.45) is 5.73 Å². The van der Waals surface area contributed by atoms with Crippen molar-refractivity contribution in [1.82, 2.24) is 24.8 Å². The van der Waals surface area contributed by atoms with Crippen molar-refractivity contribution in [2.45, 2.75) is 44.6 Å². The van der Waals surface area contributed by atoms with E-state index in [9.17, 15) is 37.1 Å². The van der Waals surface area contributed by atoms with Crippen LogP contribution in [0.2, 0.25) is 0 Å². The number of nitrogens with two attached hydrogens (primary N) is 1. The van der Waals surface area contributed by atoms with Crippen LogP contribution in [0.1, 0.15) is 41.9 Å². The van der Waals surface area contributed by atoms with Crippen LogP contribution >= 0.6 is 0 Å². The molecule has 5 aromatic rings.